The Hall–Kier alpha value is -1.10. The fourth-order valence-corrected chi connectivity index (χ4v) is 2.79. The van der Waals surface area contributed by atoms with Crippen molar-refractivity contribution in [3.8, 4) is 0 Å². The molecule has 1 atom stereocenters. The molecule has 1 fully saturated rings. The van der Waals surface area contributed by atoms with E-state index in [2.05, 4.69) is 17.1 Å². The third-order valence-electron chi connectivity index (χ3n) is 3.99. The Morgan fingerprint density at radius 1 is 1.32 bits per heavy atom. The molecule has 1 N–H and O–H groups in total. The van der Waals surface area contributed by atoms with E-state index in [4.69, 9.17) is 16.3 Å². The van der Waals surface area contributed by atoms with Crippen LogP contribution in [-0.4, -0.2) is 43.7 Å². The molecule has 0 saturated carbocycles. The number of hydrogen-bond acceptors (Lipinski definition) is 3. The second kappa shape index (κ2) is 9.13. The van der Waals surface area contributed by atoms with Gasteiger partial charge in [-0.05, 0) is 24.1 Å². The van der Waals surface area contributed by atoms with Crippen molar-refractivity contribution in [3.05, 3.63) is 34.9 Å². The lowest BCUT2D eigenvalue weighted by Crippen LogP contribution is -2.43. The SMILES string of the molecule is CCCCC(=O)NCC(c1ccc(Cl)cc1)N1CCOCC1. The van der Waals surface area contributed by atoms with Crippen molar-refractivity contribution >= 4 is 17.5 Å². The molecular weight excluding hydrogens is 300 g/mol. The molecular formula is C17H25ClN2O2. The van der Waals surface area contributed by atoms with Gasteiger partial charge < -0.3 is 10.1 Å². The van der Waals surface area contributed by atoms with Gasteiger partial charge in [0, 0.05) is 31.1 Å². The molecule has 2 rings (SSSR count). The maximum Gasteiger partial charge on any atom is 0.220 e. The maximum absolute atomic E-state index is 11.9. The summed E-state index contributed by atoms with van der Waals surface area (Å²) in [6, 6.07) is 8.07. The predicted molar refractivity (Wildman–Crippen MR) is 89.1 cm³/mol. The Labute approximate surface area is 137 Å². The molecule has 0 spiro atoms. The Bertz CT molecular complexity index is 458. The number of carbonyl (C=O) groups is 1. The molecule has 1 aliphatic rings. The van der Waals surface area contributed by atoms with E-state index in [1.807, 2.05) is 24.3 Å². The summed E-state index contributed by atoms with van der Waals surface area (Å²) in [7, 11) is 0. The van der Waals surface area contributed by atoms with Crippen molar-refractivity contribution in [2.24, 2.45) is 0 Å². The molecule has 22 heavy (non-hydrogen) atoms. The normalized spacial score (nSPS) is 17.2. The Kier molecular flexibility index (Phi) is 7.16. The third kappa shape index (κ3) is 5.27. The molecule has 1 amide bonds. The first kappa shape index (κ1) is 17.3. The Balaban J connectivity index is 2.01. The summed E-state index contributed by atoms with van der Waals surface area (Å²) in [5, 5.41) is 3.81. The fourth-order valence-electron chi connectivity index (χ4n) is 2.67. The van der Waals surface area contributed by atoms with Gasteiger partial charge in [0.05, 0.1) is 19.3 Å². The number of morpholine rings is 1. The van der Waals surface area contributed by atoms with Crippen LogP contribution < -0.4 is 5.32 Å². The van der Waals surface area contributed by atoms with Gasteiger partial charge in [-0.1, -0.05) is 37.1 Å². The number of nitrogens with zero attached hydrogens (tertiary/aromatic N) is 1. The molecule has 1 unspecified atom stereocenters. The van der Waals surface area contributed by atoms with Crippen LogP contribution in [-0.2, 0) is 9.53 Å². The molecule has 1 heterocycles. The lowest BCUT2D eigenvalue weighted by atomic mass is 10.0. The van der Waals surface area contributed by atoms with E-state index >= 15 is 0 Å². The van der Waals surface area contributed by atoms with E-state index in [0.29, 0.717) is 13.0 Å². The number of benzene rings is 1. The fraction of sp³-hybridized carbons (Fsp3) is 0.588. The summed E-state index contributed by atoms with van der Waals surface area (Å²) in [4.78, 5) is 14.3. The summed E-state index contributed by atoms with van der Waals surface area (Å²) in [6.07, 6.45) is 2.58. The Morgan fingerprint density at radius 3 is 2.64 bits per heavy atom. The minimum Gasteiger partial charge on any atom is -0.379 e. The highest BCUT2D eigenvalue weighted by Gasteiger charge is 2.23. The van der Waals surface area contributed by atoms with Crippen LogP contribution in [0.15, 0.2) is 24.3 Å². The monoisotopic (exact) mass is 324 g/mol. The van der Waals surface area contributed by atoms with Crippen molar-refractivity contribution in [1.82, 2.24) is 10.2 Å². The minimum atomic E-state index is 0.133. The number of ether oxygens (including phenoxy) is 1. The van der Waals surface area contributed by atoms with Crippen molar-refractivity contribution in [1.29, 1.82) is 0 Å². The van der Waals surface area contributed by atoms with Gasteiger partial charge in [-0.3, -0.25) is 9.69 Å². The quantitative estimate of drug-likeness (QED) is 0.838. The van der Waals surface area contributed by atoms with Gasteiger partial charge in [0.25, 0.3) is 0 Å². The summed E-state index contributed by atoms with van der Waals surface area (Å²) in [5.41, 5.74) is 1.18. The highest BCUT2D eigenvalue weighted by atomic mass is 35.5. The maximum atomic E-state index is 11.9. The van der Waals surface area contributed by atoms with Gasteiger partial charge in [-0.15, -0.1) is 0 Å². The van der Waals surface area contributed by atoms with Gasteiger partial charge in [-0.25, -0.2) is 0 Å². The first-order valence-corrected chi connectivity index (χ1v) is 8.42. The number of unbranched alkanes of at least 4 members (excludes halogenated alkanes) is 1. The first-order chi connectivity index (χ1) is 10.7. The van der Waals surface area contributed by atoms with Crippen molar-refractivity contribution in [2.75, 3.05) is 32.8 Å². The lowest BCUT2D eigenvalue weighted by Gasteiger charge is -2.35. The largest absolute Gasteiger partial charge is 0.379 e. The number of amides is 1. The average Bonchev–Trinajstić information content (AvgIpc) is 2.55. The van der Waals surface area contributed by atoms with E-state index in [1.54, 1.807) is 0 Å². The molecule has 5 heteroatoms. The van der Waals surface area contributed by atoms with Crippen LogP contribution in [0.3, 0.4) is 0 Å². The van der Waals surface area contributed by atoms with Crippen LogP contribution in [0.4, 0.5) is 0 Å². The molecule has 1 aliphatic heterocycles. The number of nitrogens with one attached hydrogen (secondary N) is 1. The van der Waals surface area contributed by atoms with Crippen LogP contribution in [0.1, 0.15) is 37.8 Å². The van der Waals surface area contributed by atoms with E-state index in [1.165, 1.54) is 5.56 Å². The zero-order valence-electron chi connectivity index (χ0n) is 13.2. The zero-order chi connectivity index (χ0) is 15.8. The van der Waals surface area contributed by atoms with Gasteiger partial charge in [-0.2, -0.15) is 0 Å². The highest BCUT2D eigenvalue weighted by Crippen LogP contribution is 2.23. The number of carbonyl (C=O) groups excluding carboxylic acids is 1. The summed E-state index contributed by atoms with van der Waals surface area (Å²) in [5.74, 6) is 0.133. The second-order valence-electron chi connectivity index (χ2n) is 5.62. The highest BCUT2D eigenvalue weighted by molar-refractivity contribution is 6.30. The predicted octanol–water partition coefficient (Wildman–Crippen LogP) is 3.02. The summed E-state index contributed by atoms with van der Waals surface area (Å²) >= 11 is 5.98. The van der Waals surface area contributed by atoms with Crippen molar-refractivity contribution in [3.63, 3.8) is 0 Å². The molecule has 1 saturated heterocycles. The minimum absolute atomic E-state index is 0.133. The van der Waals surface area contributed by atoms with Gasteiger partial charge >= 0.3 is 0 Å². The number of hydrogen-bond donors (Lipinski definition) is 1. The van der Waals surface area contributed by atoms with E-state index in [-0.39, 0.29) is 11.9 Å². The molecule has 1 aromatic carbocycles. The van der Waals surface area contributed by atoms with Crippen LogP contribution in [0, 0.1) is 0 Å². The molecule has 122 valence electrons. The second-order valence-corrected chi connectivity index (χ2v) is 6.06. The first-order valence-electron chi connectivity index (χ1n) is 8.04. The zero-order valence-corrected chi connectivity index (χ0v) is 13.9. The summed E-state index contributed by atoms with van der Waals surface area (Å²) < 4.78 is 5.43. The van der Waals surface area contributed by atoms with Crippen molar-refractivity contribution < 1.29 is 9.53 Å². The Morgan fingerprint density at radius 2 is 2.00 bits per heavy atom. The van der Waals surface area contributed by atoms with E-state index in [0.717, 1.165) is 44.2 Å². The molecule has 0 aromatic heterocycles. The van der Waals surface area contributed by atoms with E-state index < -0.39 is 0 Å². The van der Waals surface area contributed by atoms with E-state index in [9.17, 15) is 4.79 Å². The topological polar surface area (TPSA) is 41.6 Å². The molecule has 4 nitrogen and oxygen atoms in total. The van der Waals surface area contributed by atoms with Crippen molar-refractivity contribution in [2.45, 2.75) is 32.2 Å². The van der Waals surface area contributed by atoms with Crippen LogP contribution in [0.2, 0.25) is 5.02 Å². The van der Waals surface area contributed by atoms with Crippen LogP contribution >= 0.6 is 11.6 Å². The molecule has 0 bridgehead atoms. The standard InChI is InChI=1S/C17H25ClN2O2/c1-2-3-4-17(21)19-13-16(20-9-11-22-12-10-20)14-5-7-15(18)8-6-14/h5-8,16H,2-4,9-13H2,1H3,(H,19,21). The third-order valence-corrected chi connectivity index (χ3v) is 4.24. The summed E-state index contributed by atoms with van der Waals surface area (Å²) in [6.45, 7) is 5.99. The number of halogens is 1. The molecule has 0 aliphatic carbocycles. The molecule has 0 radical (unpaired) electrons. The van der Waals surface area contributed by atoms with Crippen LogP contribution in [0.25, 0.3) is 0 Å². The van der Waals surface area contributed by atoms with Crippen LogP contribution in [0.5, 0.6) is 0 Å². The van der Waals surface area contributed by atoms with Gasteiger partial charge in [0.2, 0.25) is 5.91 Å². The average molecular weight is 325 g/mol. The molecule has 1 aromatic rings. The lowest BCUT2D eigenvalue weighted by molar-refractivity contribution is -0.121. The number of rotatable bonds is 7. The smallest absolute Gasteiger partial charge is 0.220 e. The van der Waals surface area contributed by atoms with Gasteiger partial charge in [0.15, 0.2) is 0 Å². The van der Waals surface area contributed by atoms with Gasteiger partial charge in [0.1, 0.15) is 0 Å².